The molecule has 6 nitrogen and oxygen atoms in total. The third-order valence-electron chi connectivity index (χ3n) is 2.98. The van der Waals surface area contributed by atoms with Crippen LogP contribution in [0.3, 0.4) is 0 Å². The smallest absolute Gasteiger partial charge is 0.307 e. The number of amides is 1. The Hall–Kier alpha value is -2.63. The Morgan fingerprint density at radius 1 is 1.24 bits per heavy atom. The van der Waals surface area contributed by atoms with Crippen molar-refractivity contribution in [3.05, 3.63) is 48.3 Å². The molecule has 2 rings (SSSR count). The maximum atomic E-state index is 11.9. The highest BCUT2D eigenvalue weighted by atomic mass is 16.4. The summed E-state index contributed by atoms with van der Waals surface area (Å²) in [4.78, 5) is 22.7. The molecule has 6 heteroatoms. The monoisotopic (exact) mass is 287 g/mol. The fraction of sp³-hybridized carbons (Fsp3) is 0.267. The molecule has 1 aromatic carbocycles. The number of nitrogens with zero attached hydrogens (tertiary/aromatic N) is 2. The van der Waals surface area contributed by atoms with Crippen molar-refractivity contribution in [3.63, 3.8) is 0 Å². The van der Waals surface area contributed by atoms with Gasteiger partial charge in [-0.25, -0.2) is 0 Å². The molecule has 0 saturated carbocycles. The molecule has 0 saturated heterocycles. The molecule has 0 aliphatic rings. The molecule has 0 spiro atoms. The lowest BCUT2D eigenvalue weighted by Gasteiger charge is -2.09. The Balaban J connectivity index is 1.86. The van der Waals surface area contributed by atoms with Crippen molar-refractivity contribution in [2.45, 2.75) is 25.8 Å². The fourth-order valence-electron chi connectivity index (χ4n) is 2.01. The Morgan fingerprint density at radius 2 is 2.05 bits per heavy atom. The number of carbonyl (C=O) groups is 2. The summed E-state index contributed by atoms with van der Waals surface area (Å²) in [5.74, 6) is -1.05. The second kappa shape index (κ2) is 7.23. The molecule has 21 heavy (non-hydrogen) atoms. The summed E-state index contributed by atoms with van der Waals surface area (Å²) in [6.07, 6.45) is 4.47. The molecule has 0 unspecified atom stereocenters. The highest BCUT2D eigenvalue weighted by Gasteiger charge is 2.09. The van der Waals surface area contributed by atoms with Crippen LogP contribution in [0.15, 0.2) is 42.7 Å². The number of hydrogen-bond donors (Lipinski definition) is 2. The quantitative estimate of drug-likeness (QED) is 0.815. The van der Waals surface area contributed by atoms with E-state index in [0.29, 0.717) is 30.6 Å². The number of para-hydroxylation sites is 1. The summed E-state index contributed by atoms with van der Waals surface area (Å²) in [7, 11) is 0. The Morgan fingerprint density at radius 3 is 2.76 bits per heavy atom. The zero-order chi connectivity index (χ0) is 15.1. The number of aliphatic carboxylic acids is 1. The van der Waals surface area contributed by atoms with E-state index in [1.54, 1.807) is 35.1 Å². The van der Waals surface area contributed by atoms with Gasteiger partial charge in [0.2, 0.25) is 5.91 Å². The minimum absolute atomic E-state index is 0.107. The summed E-state index contributed by atoms with van der Waals surface area (Å²) >= 11 is 0. The third kappa shape index (κ3) is 4.76. The molecule has 0 fully saturated rings. The van der Waals surface area contributed by atoms with Gasteiger partial charge in [-0.15, -0.1) is 0 Å². The van der Waals surface area contributed by atoms with E-state index in [0.717, 1.165) is 0 Å². The van der Waals surface area contributed by atoms with Gasteiger partial charge in [-0.05, 0) is 24.1 Å². The van der Waals surface area contributed by atoms with Crippen LogP contribution in [-0.4, -0.2) is 26.8 Å². The maximum Gasteiger partial charge on any atom is 0.307 e. The Kier molecular flexibility index (Phi) is 5.09. The van der Waals surface area contributed by atoms with E-state index in [1.807, 2.05) is 12.3 Å². The highest BCUT2D eigenvalue weighted by molar-refractivity contribution is 5.92. The van der Waals surface area contributed by atoms with Gasteiger partial charge < -0.3 is 10.4 Å². The van der Waals surface area contributed by atoms with Crippen LogP contribution in [0.1, 0.15) is 18.4 Å². The number of anilines is 1. The average molecular weight is 287 g/mol. The van der Waals surface area contributed by atoms with Crippen LogP contribution in [0.4, 0.5) is 5.69 Å². The van der Waals surface area contributed by atoms with Crippen LogP contribution in [-0.2, 0) is 22.6 Å². The molecule has 110 valence electrons. The van der Waals surface area contributed by atoms with Gasteiger partial charge in [0.1, 0.15) is 0 Å². The second-order valence-electron chi connectivity index (χ2n) is 4.65. The first-order chi connectivity index (χ1) is 10.1. The minimum Gasteiger partial charge on any atom is -0.481 e. The molecule has 1 aromatic heterocycles. The molecule has 0 aliphatic carbocycles. The van der Waals surface area contributed by atoms with E-state index in [1.165, 1.54) is 0 Å². The molecule has 1 amide bonds. The SMILES string of the molecule is O=C(O)Cc1ccccc1NC(=O)CCCn1cccn1. The van der Waals surface area contributed by atoms with Crippen molar-refractivity contribution in [3.8, 4) is 0 Å². The lowest BCUT2D eigenvalue weighted by atomic mass is 10.1. The predicted octanol–water partition coefficient (Wildman–Crippen LogP) is 1.93. The summed E-state index contributed by atoms with van der Waals surface area (Å²) < 4.78 is 1.77. The molecule has 0 bridgehead atoms. The first-order valence-electron chi connectivity index (χ1n) is 6.72. The summed E-state index contributed by atoms with van der Waals surface area (Å²) in [5.41, 5.74) is 1.16. The van der Waals surface area contributed by atoms with Gasteiger partial charge in [-0.3, -0.25) is 14.3 Å². The first-order valence-corrected chi connectivity index (χ1v) is 6.72. The number of nitrogens with one attached hydrogen (secondary N) is 1. The predicted molar refractivity (Wildman–Crippen MR) is 77.9 cm³/mol. The molecular formula is C15H17N3O3. The molecule has 1 heterocycles. The van der Waals surface area contributed by atoms with Gasteiger partial charge in [-0.1, -0.05) is 18.2 Å². The van der Waals surface area contributed by atoms with E-state index < -0.39 is 5.97 Å². The number of benzene rings is 1. The van der Waals surface area contributed by atoms with Gasteiger partial charge in [0, 0.05) is 31.0 Å². The Bertz CT molecular complexity index is 608. The standard InChI is InChI=1S/C15H17N3O3/c19-14(7-3-9-18-10-4-8-16-18)17-13-6-2-1-5-12(13)11-15(20)21/h1-2,4-6,8,10H,3,7,9,11H2,(H,17,19)(H,20,21). The number of hydrogen-bond acceptors (Lipinski definition) is 3. The zero-order valence-electron chi connectivity index (χ0n) is 11.5. The van der Waals surface area contributed by atoms with Crippen LogP contribution < -0.4 is 5.32 Å². The molecular weight excluding hydrogens is 270 g/mol. The van der Waals surface area contributed by atoms with Crippen molar-refractivity contribution in [2.24, 2.45) is 0 Å². The number of rotatable bonds is 7. The summed E-state index contributed by atoms with van der Waals surface area (Å²) in [6.45, 7) is 0.678. The topological polar surface area (TPSA) is 84.2 Å². The fourth-order valence-corrected chi connectivity index (χ4v) is 2.01. The van der Waals surface area contributed by atoms with Gasteiger partial charge in [-0.2, -0.15) is 5.10 Å². The van der Waals surface area contributed by atoms with Crippen molar-refractivity contribution in [1.82, 2.24) is 9.78 Å². The minimum atomic E-state index is -0.921. The average Bonchev–Trinajstić information content (AvgIpc) is 2.93. The lowest BCUT2D eigenvalue weighted by Crippen LogP contribution is -2.14. The summed E-state index contributed by atoms with van der Waals surface area (Å²) in [5, 5.41) is 15.7. The van der Waals surface area contributed by atoms with Crippen molar-refractivity contribution >= 4 is 17.6 Å². The maximum absolute atomic E-state index is 11.9. The first kappa shape index (κ1) is 14.8. The van der Waals surface area contributed by atoms with Gasteiger partial charge in [0.15, 0.2) is 0 Å². The third-order valence-corrected chi connectivity index (χ3v) is 2.98. The zero-order valence-corrected chi connectivity index (χ0v) is 11.5. The van der Waals surface area contributed by atoms with E-state index in [-0.39, 0.29) is 12.3 Å². The lowest BCUT2D eigenvalue weighted by molar-refractivity contribution is -0.136. The van der Waals surface area contributed by atoms with Gasteiger partial charge in [0.25, 0.3) is 0 Å². The van der Waals surface area contributed by atoms with Gasteiger partial charge >= 0.3 is 5.97 Å². The van der Waals surface area contributed by atoms with Crippen molar-refractivity contribution < 1.29 is 14.7 Å². The molecule has 2 N–H and O–H groups in total. The van der Waals surface area contributed by atoms with Crippen LogP contribution in [0.25, 0.3) is 0 Å². The number of aromatic nitrogens is 2. The Labute approximate surface area is 122 Å². The van der Waals surface area contributed by atoms with Crippen LogP contribution in [0.5, 0.6) is 0 Å². The number of carbonyl (C=O) groups excluding carboxylic acids is 1. The van der Waals surface area contributed by atoms with E-state index in [2.05, 4.69) is 10.4 Å². The normalized spacial score (nSPS) is 10.3. The van der Waals surface area contributed by atoms with E-state index in [9.17, 15) is 9.59 Å². The highest BCUT2D eigenvalue weighted by Crippen LogP contribution is 2.16. The van der Waals surface area contributed by atoms with E-state index in [4.69, 9.17) is 5.11 Å². The van der Waals surface area contributed by atoms with Crippen LogP contribution in [0, 0.1) is 0 Å². The second-order valence-corrected chi connectivity index (χ2v) is 4.65. The van der Waals surface area contributed by atoms with E-state index >= 15 is 0 Å². The van der Waals surface area contributed by atoms with Crippen LogP contribution in [0.2, 0.25) is 0 Å². The van der Waals surface area contributed by atoms with Crippen LogP contribution >= 0.6 is 0 Å². The van der Waals surface area contributed by atoms with Crippen molar-refractivity contribution in [1.29, 1.82) is 0 Å². The molecule has 2 aromatic rings. The molecule has 0 aliphatic heterocycles. The molecule has 0 atom stereocenters. The van der Waals surface area contributed by atoms with Crippen molar-refractivity contribution in [2.75, 3.05) is 5.32 Å². The summed E-state index contributed by atoms with van der Waals surface area (Å²) in [6, 6.07) is 8.77. The number of carboxylic acids is 1. The largest absolute Gasteiger partial charge is 0.481 e. The van der Waals surface area contributed by atoms with Gasteiger partial charge in [0.05, 0.1) is 6.42 Å². The number of carboxylic acid groups (broad SMARTS) is 1. The number of aryl methyl sites for hydroxylation is 1. The molecule has 0 radical (unpaired) electrons.